The number of hydrogen-bond acceptors (Lipinski definition) is 3. The Balaban J connectivity index is 0.996. The van der Waals surface area contributed by atoms with E-state index in [1.807, 2.05) is 23.5 Å². The van der Waals surface area contributed by atoms with E-state index in [9.17, 15) is 0 Å². The van der Waals surface area contributed by atoms with Crippen LogP contribution < -0.4 is 4.90 Å². The summed E-state index contributed by atoms with van der Waals surface area (Å²) in [5.74, 6) is 0. The molecule has 0 radical (unpaired) electrons. The smallest absolute Gasteiger partial charge is 0.143 e. The number of furan rings is 1. The van der Waals surface area contributed by atoms with E-state index in [-0.39, 0.29) is 5.41 Å². The van der Waals surface area contributed by atoms with Crippen LogP contribution in [-0.2, 0) is 5.41 Å². The van der Waals surface area contributed by atoms with E-state index in [1.165, 1.54) is 59.1 Å². The second-order valence-electron chi connectivity index (χ2n) is 15.8. The molecule has 1 aliphatic rings. The first-order valence-electron chi connectivity index (χ1n) is 20.2. The third-order valence-corrected chi connectivity index (χ3v) is 13.8. The average molecular weight is 772 g/mol. The summed E-state index contributed by atoms with van der Waals surface area (Å²) in [6.07, 6.45) is 0. The highest BCUT2D eigenvalue weighted by molar-refractivity contribution is 7.26. The number of nitrogens with zero attached hydrogens (tertiary/aromatic N) is 1. The molecule has 0 saturated carbocycles. The van der Waals surface area contributed by atoms with Crippen molar-refractivity contribution in [2.75, 3.05) is 4.90 Å². The molecular weight excluding hydrogens is 735 g/mol. The van der Waals surface area contributed by atoms with Crippen LogP contribution in [0.3, 0.4) is 0 Å². The Morgan fingerprint density at radius 1 is 0.424 bits per heavy atom. The highest BCUT2D eigenvalue weighted by Gasteiger charge is 2.40. The van der Waals surface area contributed by atoms with Gasteiger partial charge < -0.3 is 9.32 Å². The van der Waals surface area contributed by atoms with Gasteiger partial charge in [-0.05, 0) is 100.0 Å². The van der Waals surface area contributed by atoms with Crippen molar-refractivity contribution in [3.05, 3.63) is 223 Å². The summed E-state index contributed by atoms with van der Waals surface area (Å²) in [5, 5.41) is 4.90. The van der Waals surface area contributed by atoms with E-state index in [2.05, 4.69) is 206 Å². The largest absolute Gasteiger partial charge is 0.455 e. The number of benzene rings is 9. The van der Waals surface area contributed by atoms with Gasteiger partial charge in [0.1, 0.15) is 11.2 Å². The Morgan fingerprint density at radius 2 is 0.966 bits per heavy atom. The minimum absolute atomic E-state index is 0.309. The van der Waals surface area contributed by atoms with Gasteiger partial charge in [-0.3, -0.25) is 0 Å². The molecular formula is C56H37NOS. The van der Waals surface area contributed by atoms with Crippen LogP contribution in [0.15, 0.2) is 211 Å². The lowest BCUT2D eigenvalue weighted by molar-refractivity contribution is 0.670. The zero-order valence-corrected chi connectivity index (χ0v) is 33.2. The molecule has 0 saturated heterocycles. The monoisotopic (exact) mass is 771 g/mol. The summed E-state index contributed by atoms with van der Waals surface area (Å²) in [5.41, 5.74) is 16.1. The van der Waals surface area contributed by atoms with E-state index in [0.29, 0.717) is 0 Å². The molecule has 3 heteroatoms. The molecule has 0 bridgehead atoms. The van der Waals surface area contributed by atoms with E-state index >= 15 is 0 Å². The van der Waals surface area contributed by atoms with Crippen LogP contribution in [0.1, 0.15) is 23.6 Å². The molecule has 2 aromatic heterocycles. The molecule has 2 nitrogen and oxygen atoms in total. The summed E-state index contributed by atoms with van der Waals surface area (Å²) in [6, 6.07) is 75.2. The topological polar surface area (TPSA) is 16.4 Å². The normalized spacial score (nSPS) is 13.0. The Labute approximate surface area is 346 Å². The molecule has 0 aliphatic heterocycles. The van der Waals surface area contributed by atoms with Crippen LogP contribution >= 0.6 is 11.3 Å². The maximum absolute atomic E-state index is 6.46. The maximum Gasteiger partial charge on any atom is 0.143 e. The number of anilines is 3. The predicted octanol–water partition coefficient (Wildman–Crippen LogP) is 16.1. The van der Waals surface area contributed by atoms with Gasteiger partial charge in [0.05, 0.1) is 0 Å². The lowest BCUT2D eigenvalue weighted by Crippen LogP contribution is -2.23. The van der Waals surface area contributed by atoms with Crippen molar-refractivity contribution in [2.45, 2.75) is 12.3 Å². The highest BCUT2D eigenvalue weighted by Crippen LogP contribution is 2.53. The van der Waals surface area contributed by atoms with Crippen molar-refractivity contribution < 1.29 is 4.42 Å². The quantitative estimate of drug-likeness (QED) is 0.167. The molecule has 9 aromatic carbocycles. The maximum atomic E-state index is 6.46. The van der Waals surface area contributed by atoms with Gasteiger partial charge in [0.2, 0.25) is 0 Å². The van der Waals surface area contributed by atoms with Crippen LogP contribution in [0.25, 0.3) is 75.5 Å². The Hall–Kier alpha value is -7.20. The number of thiophene rings is 1. The standard InChI is InChI=1S/C56H37NOS/c1-56(50-23-6-2-15-44(50)45-16-3-7-24-51(45)56)38-13-10-14-41(35-38)57(39-31-27-36(28-32-39)42-19-11-21-48-46-17-4-8-25-52(46)58-54(42)48)40-33-29-37(30-34-40)43-20-12-22-49-47-18-5-9-26-53(47)59-55(43)49/h2-35H,1H3. The van der Waals surface area contributed by atoms with E-state index < -0.39 is 0 Å². The van der Waals surface area contributed by atoms with Gasteiger partial charge in [0.25, 0.3) is 0 Å². The minimum atomic E-state index is -0.309. The second-order valence-corrected chi connectivity index (χ2v) is 16.8. The highest BCUT2D eigenvalue weighted by atomic mass is 32.1. The summed E-state index contributed by atoms with van der Waals surface area (Å²) >= 11 is 1.87. The van der Waals surface area contributed by atoms with Crippen LogP contribution in [0.5, 0.6) is 0 Å². The molecule has 0 amide bonds. The van der Waals surface area contributed by atoms with E-state index in [0.717, 1.165) is 50.1 Å². The summed E-state index contributed by atoms with van der Waals surface area (Å²) < 4.78 is 9.10. The van der Waals surface area contributed by atoms with Crippen LogP contribution in [0, 0.1) is 0 Å². The lowest BCUT2D eigenvalue weighted by Gasteiger charge is -2.31. The molecule has 0 atom stereocenters. The molecule has 11 aromatic rings. The van der Waals surface area contributed by atoms with Gasteiger partial charge in [-0.1, -0.05) is 158 Å². The van der Waals surface area contributed by atoms with Gasteiger partial charge in [-0.25, -0.2) is 0 Å². The molecule has 0 fully saturated rings. The van der Waals surface area contributed by atoms with Crippen LogP contribution in [0.4, 0.5) is 17.1 Å². The van der Waals surface area contributed by atoms with Crippen LogP contribution in [-0.4, -0.2) is 0 Å². The molecule has 59 heavy (non-hydrogen) atoms. The SMILES string of the molecule is CC1(c2cccc(N(c3ccc(-c4cccc5c4oc4ccccc45)cc3)c3ccc(-c4cccc5c4sc4ccccc45)cc3)c2)c2ccccc2-c2ccccc21. The van der Waals surface area contributed by atoms with Gasteiger partial charge >= 0.3 is 0 Å². The molecule has 1 aliphatic carbocycles. The fourth-order valence-electron chi connectivity index (χ4n) is 9.70. The van der Waals surface area contributed by atoms with Crippen molar-refractivity contribution in [3.63, 3.8) is 0 Å². The fraction of sp³-hybridized carbons (Fsp3) is 0.0357. The Morgan fingerprint density at radius 3 is 1.69 bits per heavy atom. The van der Waals surface area contributed by atoms with Crippen molar-refractivity contribution in [1.29, 1.82) is 0 Å². The van der Waals surface area contributed by atoms with Crippen LogP contribution in [0.2, 0.25) is 0 Å². The van der Waals surface area contributed by atoms with Gasteiger partial charge in [0, 0.05) is 59.0 Å². The average Bonchev–Trinajstić information content (AvgIpc) is 3.96. The second kappa shape index (κ2) is 13.2. The van der Waals surface area contributed by atoms with Crippen molar-refractivity contribution in [2.24, 2.45) is 0 Å². The Bertz CT molecular complexity index is 3200. The minimum Gasteiger partial charge on any atom is -0.455 e. The zero-order chi connectivity index (χ0) is 39.1. The first-order valence-corrected chi connectivity index (χ1v) is 21.1. The molecule has 12 rings (SSSR count). The third kappa shape index (κ3) is 5.18. The van der Waals surface area contributed by atoms with Crippen molar-refractivity contribution in [3.8, 4) is 33.4 Å². The third-order valence-electron chi connectivity index (χ3n) is 12.6. The lowest BCUT2D eigenvalue weighted by atomic mass is 9.74. The Kier molecular flexibility index (Phi) is 7.57. The number of rotatable bonds is 6. The number of fused-ring (bicyclic) bond motifs is 9. The van der Waals surface area contributed by atoms with E-state index in [1.54, 1.807) is 0 Å². The summed E-state index contributed by atoms with van der Waals surface area (Å²) in [4.78, 5) is 2.40. The molecule has 0 N–H and O–H groups in total. The first-order chi connectivity index (χ1) is 29.1. The first kappa shape index (κ1) is 33.9. The molecule has 0 unspecified atom stereocenters. The van der Waals surface area contributed by atoms with Gasteiger partial charge in [0.15, 0.2) is 0 Å². The van der Waals surface area contributed by atoms with Crippen molar-refractivity contribution in [1.82, 2.24) is 0 Å². The molecule has 0 spiro atoms. The predicted molar refractivity (Wildman–Crippen MR) is 250 cm³/mol. The van der Waals surface area contributed by atoms with E-state index in [4.69, 9.17) is 4.42 Å². The summed E-state index contributed by atoms with van der Waals surface area (Å²) in [6.45, 7) is 2.39. The molecule has 278 valence electrons. The number of hydrogen-bond donors (Lipinski definition) is 0. The molecule has 2 heterocycles. The zero-order valence-electron chi connectivity index (χ0n) is 32.4. The number of para-hydroxylation sites is 2. The summed E-state index contributed by atoms with van der Waals surface area (Å²) in [7, 11) is 0. The van der Waals surface area contributed by atoms with Gasteiger partial charge in [-0.15, -0.1) is 11.3 Å². The van der Waals surface area contributed by atoms with Crippen molar-refractivity contribution >= 4 is 70.5 Å². The van der Waals surface area contributed by atoms with Gasteiger partial charge in [-0.2, -0.15) is 0 Å². The fourth-order valence-corrected chi connectivity index (χ4v) is 10.9.